The van der Waals surface area contributed by atoms with Gasteiger partial charge in [0.05, 0.1) is 11.1 Å². The van der Waals surface area contributed by atoms with E-state index in [2.05, 4.69) is 39.5 Å². The molecule has 1 aliphatic rings. The van der Waals surface area contributed by atoms with E-state index in [4.69, 9.17) is 0 Å². The minimum absolute atomic E-state index is 0.137. The van der Waals surface area contributed by atoms with Crippen molar-refractivity contribution in [2.75, 3.05) is 21.1 Å². The minimum atomic E-state index is -0.823. The fourth-order valence-corrected chi connectivity index (χ4v) is 2.78. The molecule has 1 aliphatic carbocycles. The Morgan fingerprint density at radius 3 is 2.58 bits per heavy atom. The molecule has 24 heavy (non-hydrogen) atoms. The van der Waals surface area contributed by atoms with Crippen LogP contribution in [-0.4, -0.2) is 55.5 Å². The lowest BCUT2D eigenvalue weighted by atomic mass is 9.89. The third-order valence-corrected chi connectivity index (χ3v) is 4.87. The summed E-state index contributed by atoms with van der Waals surface area (Å²) in [5.41, 5.74) is -0.302. The Balaban J connectivity index is 2.86. The van der Waals surface area contributed by atoms with Gasteiger partial charge in [-0.1, -0.05) is 18.2 Å². The first-order valence-electron chi connectivity index (χ1n) is 8.61. The van der Waals surface area contributed by atoms with E-state index in [-0.39, 0.29) is 5.91 Å². The number of rotatable bonds is 8. The van der Waals surface area contributed by atoms with Crippen LogP contribution < -0.4 is 21.3 Å². The molecule has 0 spiro atoms. The molecule has 1 unspecified atom stereocenters. The maximum atomic E-state index is 12.8. The van der Waals surface area contributed by atoms with E-state index in [1.807, 2.05) is 14.0 Å². The van der Waals surface area contributed by atoms with Crippen LogP contribution in [0.4, 0.5) is 0 Å². The van der Waals surface area contributed by atoms with Crippen LogP contribution in [0.3, 0.4) is 0 Å². The van der Waals surface area contributed by atoms with E-state index in [9.17, 15) is 9.90 Å². The van der Waals surface area contributed by atoms with Crippen molar-refractivity contribution in [3.8, 4) is 0 Å². The van der Waals surface area contributed by atoms with E-state index in [1.165, 1.54) is 5.57 Å². The third kappa shape index (κ3) is 5.14. The number of hydrogen-bond acceptors (Lipinski definition) is 5. The second kappa shape index (κ2) is 8.76. The number of likely N-dealkylation sites (N-methyl/N-ethyl adjacent to an activating group) is 3. The van der Waals surface area contributed by atoms with Gasteiger partial charge in [0.2, 0.25) is 5.91 Å². The average molecular weight is 338 g/mol. The van der Waals surface area contributed by atoms with Crippen LogP contribution in [-0.2, 0) is 4.79 Å². The predicted octanol–water partition coefficient (Wildman–Crippen LogP) is 0.652. The van der Waals surface area contributed by atoms with E-state index < -0.39 is 17.3 Å². The van der Waals surface area contributed by atoms with Crippen molar-refractivity contribution in [2.24, 2.45) is 0 Å². The minimum Gasteiger partial charge on any atom is -0.376 e. The first-order chi connectivity index (χ1) is 11.2. The van der Waals surface area contributed by atoms with Crippen LogP contribution >= 0.6 is 0 Å². The van der Waals surface area contributed by atoms with Gasteiger partial charge in [0.1, 0.15) is 6.23 Å². The molecule has 6 heteroatoms. The highest BCUT2D eigenvalue weighted by atomic mass is 16.3. The molecule has 138 valence electrons. The lowest BCUT2D eigenvalue weighted by molar-refractivity contribution is -0.130. The number of hydrogen-bond donors (Lipinski definition) is 5. The van der Waals surface area contributed by atoms with Gasteiger partial charge in [0, 0.05) is 6.04 Å². The van der Waals surface area contributed by atoms with Crippen LogP contribution in [0.2, 0.25) is 0 Å². The highest BCUT2D eigenvalue weighted by Crippen LogP contribution is 2.21. The Morgan fingerprint density at radius 1 is 1.38 bits per heavy atom. The number of carbonyl (C=O) groups is 1. The van der Waals surface area contributed by atoms with E-state index in [0.717, 1.165) is 12.8 Å². The van der Waals surface area contributed by atoms with Gasteiger partial charge in [-0.3, -0.25) is 10.1 Å². The maximum Gasteiger partial charge on any atom is 0.240 e. The Hall–Kier alpha value is -1.21. The molecule has 5 N–H and O–H groups in total. The largest absolute Gasteiger partial charge is 0.376 e. The molecule has 0 heterocycles. The van der Waals surface area contributed by atoms with Gasteiger partial charge in [0.25, 0.3) is 0 Å². The molecule has 0 aliphatic heterocycles. The Labute approximate surface area is 146 Å². The molecule has 0 aromatic rings. The molecular weight excluding hydrogens is 304 g/mol. The summed E-state index contributed by atoms with van der Waals surface area (Å²) in [5, 5.41) is 22.1. The number of aliphatic hydroxyl groups is 1. The van der Waals surface area contributed by atoms with Crippen molar-refractivity contribution < 1.29 is 9.90 Å². The summed E-state index contributed by atoms with van der Waals surface area (Å²) in [7, 11) is 5.41. The van der Waals surface area contributed by atoms with Crippen LogP contribution in [0.25, 0.3) is 0 Å². The Bertz CT molecular complexity index is 487. The fourth-order valence-electron chi connectivity index (χ4n) is 2.78. The molecule has 1 amide bonds. The molecule has 0 aromatic carbocycles. The van der Waals surface area contributed by atoms with Gasteiger partial charge in [-0.05, 0) is 66.7 Å². The van der Waals surface area contributed by atoms with Crippen LogP contribution in [0, 0.1) is 0 Å². The molecule has 6 nitrogen and oxygen atoms in total. The predicted molar refractivity (Wildman–Crippen MR) is 98.7 cm³/mol. The molecule has 0 radical (unpaired) electrons. The fraction of sp³-hybridized carbons (Fsp3) is 0.722. The lowest BCUT2D eigenvalue weighted by Gasteiger charge is -2.36. The van der Waals surface area contributed by atoms with Crippen molar-refractivity contribution >= 4 is 5.91 Å². The summed E-state index contributed by atoms with van der Waals surface area (Å²) in [6.45, 7) is 5.46. The van der Waals surface area contributed by atoms with Crippen molar-refractivity contribution in [1.82, 2.24) is 21.3 Å². The number of nitrogens with one attached hydrogen (secondary N) is 4. The molecule has 0 bridgehead atoms. The van der Waals surface area contributed by atoms with Crippen molar-refractivity contribution in [3.63, 3.8) is 0 Å². The highest BCUT2D eigenvalue weighted by Gasteiger charge is 2.36. The smallest absolute Gasteiger partial charge is 0.240 e. The average Bonchev–Trinajstić information content (AvgIpc) is 2.58. The Kier molecular flexibility index (Phi) is 7.60. The zero-order chi connectivity index (χ0) is 18.4. The topological polar surface area (TPSA) is 85.4 Å². The molecular formula is C18H34N4O2. The van der Waals surface area contributed by atoms with Crippen LogP contribution in [0.5, 0.6) is 0 Å². The van der Waals surface area contributed by atoms with E-state index in [1.54, 1.807) is 27.9 Å². The summed E-state index contributed by atoms with van der Waals surface area (Å²) < 4.78 is 0. The first-order valence-corrected chi connectivity index (χ1v) is 8.61. The van der Waals surface area contributed by atoms with Crippen LogP contribution in [0.15, 0.2) is 23.8 Å². The number of allylic oxidation sites excluding steroid dienone is 1. The van der Waals surface area contributed by atoms with E-state index in [0.29, 0.717) is 12.5 Å². The van der Waals surface area contributed by atoms with E-state index >= 15 is 0 Å². The maximum absolute atomic E-state index is 12.8. The monoisotopic (exact) mass is 338 g/mol. The quantitative estimate of drug-likeness (QED) is 0.420. The van der Waals surface area contributed by atoms with Crippen molar-refractivity contribution in [3.05, 3.63) is 23.8 Å². The third-order valence-electron chi connectivity index (χ3n) is 4.87. The van der Waals surface area contributed by atoms with Gasteiger partial charge in [-0.25, -0.2) is 0 Å². The molecule has 0 fully saturated rings. The standard InChI is InChI=1S/C18H34N4O2/c1-17(2,15(23)20-5)22-16(24)18(3,21-6)12-11-13-9-7-8-10-14(13)19-4/h7,9,11,14-15,19-21,23H,8,10,12H2,1-6H3,(H,22,24)/b13-11+/t14?,15-,18+/m0/s1. The summed E-state index contributed by atoms with van der Waals surface area (Å²) >= 11 is 0. The normalized spacial score (nSPS) is 23.8. The number of aliphatic hydroxyl groups excluding tert-OH is 1. The van der Waals surface area contributed by atoms with Crippen molar-refractivity contribution in [2.45, 2.75) is 63.4 Å². The summed E-state index contributed by atoms with van der Waals surface area (Å²) in [6.07, 6.45) is 8.31. The van der Waals surface area contributed by atoms with Gasteiger partial charge in [-0.15, -0.1) is 0 Å². The van der Waals surface area contributed by atoms with Gasteiger partial charge < -0.3 is 21.1 Å². The van der Waals surface area contributed by atoms with Gasteiger partial charge >= 0.3 is 0 Å². The molecule has 0 saturated carbocycles. The molecule has 3 atom stereocenters. The molecule has 0 saturated heterocycles. The van der Waals surface area contributed by atoms with Crippen molar-refractivity contribution in [1.29, 1.82) is 0 Å². The summed E-state index contributed by atoms with van der Waals surface area (Å²) in [4.78, 5) is 12.8. The zero-order valence-corrected chi connectivity index (χ0v) is 15.9. The number of amides is 1. The van der Waals surface area contributed by atoms with Gasteiger partial charge in [0.15, 0.2) is 0 Å². The molecule has 0 aromatic heterocycles. The summed E-state index contributed by atoms with van der Waals surface area (Å²) in [6, 6.07) is 0.335. The SMILES string of the molecule is CNC1CCC=C/C1=C\C[C@@](C)(NC)C(=O)NC(C)(C)[C@H](O)NC. The lowest BCUT2D eigenvalue weighted by Crippen LogP contribution is -2.63. The van der Waals surface area contributed by atoms with Crippen LogP contribution in [0.1, 0.15) is 40.0 Å². The van der Waals surface area contributed by atoms with Gasteiger partial charge in [-0.2, -0.15) is 0 Å². The second-order valence-electron chi connectivity index (χ2n) is 7.18. The molecule has 1 rings (SSSR count). The Morgan fingerprint density at radius 2 is 2.04 bits per heavy atom. The second-order valence-corrected chi connectivity index (χ2v) is 7.18. The zero-order valence-electron chi connectivity index (χ0n) is 15.9. The first kappa shape index (κ1) is 20.8. The number of carbonyl (C=O) groups excluding carboxylic acids is 1. The summed E-state index contributed by atoms with van der Waals surface area (Å²) in [5.74, 6) is -0.137. The highest BCUT2D eigenvalue weighted by molar-refractivity contribution is 5.86.